The Morgan fingerprint density at radius 2 is 2.11 bits per heavy atom. The van der Waals surface area contributed by atoms with Gasteiger partial charge in [0, 0.05) is 11.8 Å². The number of ether oxygens (including phenoxy) is 1. The van der Waals surface area contributed by atoms with Crippen molar-refractivity contribution in [2.45, 2.75) is 12.8 Å². The van der Waals surface area contributed by atoms with Gasteiger partial charge in [-0.15, -0.1) is 11.3 Å². The molecule has 2 rings (SSSR count). The maximum absolute atomic E-state index is 10.6. The van der Waals surface area contributed by atoms with E-state index in [1.165, 1.54) is 11.3 Å². The van der Waals surface area contributed by atoms with Crippen LogP contribution in [0.4, 0.5) is 0 Å². The number of hydrogen-bond donors (Lipinski definition) is 1. The summed E-state index contributed by atoms with van der Waals surface area (Å²) in [6.07, 6.45) is 0.702. The van der Waals surface area contributed by atoms with E-state index >= 15 is 0 Å². The fraction of sp³-hybridized carbons (Fsp3) is 0.231. The number of carboxylic acids is 1. The Hall–Kier alpha value is -1.88. The number of carbonyl (C=O) groups is 1. The van der Waals surface area contributed by atoms with E-state index in [4.69, 9.17) is 9.84 Å². The Kier molecular flexibility index (Phi) is 3.94. The monoisotopic (exact) mass is 263 g/mol. The zero-order chi connectivity index (χ0) is 13.0. The van der Waals surface area contributed by atoms with E-state index in [2.05, 4.69) is 4.98 Å². The maximum atomic E-state index is 10.6. The van der Waals surface area contributed by atoms with Crippen LogP contribution in [-0.2, 0) is 17.6 Å². The second kappa shape index (κ2) is 5.64. The van der Waals surface area contributed by atoms with Crippen molar-refractivity contribution in [2.75, 3.05) is 7.11 Å². The van der Waals surface area contributed by atoms with E-state index in [0.717, 1.165) is 17.0 Å². The van der Waals surface area contributed by atoms with E-state index < -0.39 is 5.97 Å². The molecule has 0 aliphatic rings. The SMILES string of the molecule is COc1ccc(Cc2csc(CC(=O)O)n2)cc1. The summed E-state index contributed by atoms with van der Waals surface area (Å²) in [5, 5.41) is 11.2. The highest BCUT2D eigenvalue weighted by molar-refractivity contribution is 7.09. The maximum Gasteiger partial charge on any atom is 0.310 e. The van der Waals surface area contributed by atoms with Gasteiger partial charge in [-0.1, -0.05) is 12.1 Å². The van der Waals surface area contributed by atoms with Gasteiger partial charge in [-0.2, -0.15) is 0 Å². The van der Waals surface area contributed by atoms with Crippen molar-refractivity contribution in [1.29, 1.82) is 0 Å². The molecule has 0 radical (unpaired) electrons. The van der Waals surface area contributed by atoms with Crippen LogP contribution in [0.1, 0.15) is 16.3 Å². The van der Waals surface area contributed by atoms with Crippen LogP contribution in [0.5, 0.6) is 5.75 Å². The lowest BCUT2D eigenvalue weighted by atomic mass is 10.1. The van der Waals surface area contributed by atoms with Gasteiger partial charge in [0.15, 0.2) is 0 Å². The van der Waals surface area contributed by atoms with Gasteiger partial charge in [0.2, 0.25) is 0 Å². The molecular weight excluding hydrogens is 250 g/mol. The minimum Gasteiger partial charge on any atom is -0.497 e. The van der Waals surface area contributed by atoms with Crippen molar-refractivity contribution >= 4 is 17.3 Å². The normalized spacial score (nSPS) is 10.3. The second-order valence-corrected chi connectivity index (χ2v) is 4.77. The summed E-state index contributed by atoms with van der Waals surface area (Å²) in [5.74, 6) is -0.0241. The van der Waals surface area contributed by atoms with Gasteiger partial charge in [-0.25, -0.2) is 4.98 Å². The summed E-state index contributed by atoms with van der Waals surface area (Å²) in [4.78, 5) is 14.9. The third-order valence-corrected chi connectivity index (χ3v) is 3.34. The van der Waals surface area contributed by atoms with E-state index in [0.29, 0.717) is 11.4 Å². The molecule has 5 heteroatoms. The molecule has 0 unspecified atom stereocenters. The average molecular weight is 263 g/mol. The van der Waals surface area contributed by atoms with Gasteiger partial charge in [-0.3, -0.25) is 4.79 Å². The molecule has 1 N–H and O–H groups in total. The summed E-state index contributed by atoms with van der Waals surface area (Å²) < 4.78 is 5.09. The molecule has 0 spiro atoms. The first kappa shape index (κ1) is 12.6. The highest BCUT2D eigenvalue weighted by atomic mass is 32.1. The molecule has 0 bridgehead atoms. The standard InChI is InChI=1S/C13H13NO3S/c1-17-11-4-2-9(3-5-11)6-10-8-18-12(14-10)7-13(15)16/h2-5,8H,6-7H2,1H3,(H,15,16). The van der Waals surface area contributed by atoms with E-state index in [1.807, 2.05) is 29.6 Å². The van der Waals surface area contributed by atoms with Crippen LogP contribution >= 0.6 is 11.3 Å². The fourth-order valence-electron chi connectivity index (χ4n) is 1.59. The first-order valence-electron chi connectivity index (χ1n) is 5.45. The van der Waals surface area contributed by atoms with Crippen molar-refractivity contribution in [3.05, 3.63) is 45.9 Å². The van der Waals surface area contributed by atoms with Crippen molar-refractivity contribution in [3.8, 4) is 5.75 Å². The van der Waals surface area contributed by atoms with E-state index in [9.17, 15) is 4.79 Å². The number of aliphatic carboxylic acids is 1. The molecule has 1 aromatic heterocycles. The fourth-order valence-corrected chi connectivity index (χ4v) is 2.38. The van der Waals surface area contributed by atoms with Crippen LogP contribution < -0.4 is 4.74 Å². The highest BCUT2D eigenvalue weighted by Gasteiger charge is 2.06. The van der Waals surface area contributed by atoms with Gasteiger partial charge >= 0.3 is 5.97 Å². The van der Waals surface area contributed by atoms with Crippen molar-refractivity contribution < 1.29 is 14.6 Å². The van der Waals surface area contributed by atoms with Crippen molar-refractivity contribution in [1.82, 2.24) is 4.98 Å². The van der Waals surface area contributed by atoms with Gasteiger partial charge in [-0.05, 0) is 17.7 Å². The molecular formula is C13H13NO3S. The third kappa shape index (κ3) is 3.30. The predicted molar refractivity (Wildman–Crippen MR) is 69.3 cm³/mol. The van der Waals surface area contributed by atoms with Crippen LogP contribution in [-0.4, -0.2) is 23.2 Å². The molecule has 1 aromatic carbocycles. The molecule has 0 aliphatic carbocycles. The summed E-state index contributed by atoms with van der Waals surface area (Å²) in [5.41, 5.74) is 2.03. The van der Waals surface area contributed by atoms with Crippen LogP contribution in [0.25, 0.3) is 0 Å². The Morgan fingerprint density at radius 1 is 1.39 bits per heavy atom. The summed E-state index contributed by atoms with van der Waals surface area (Å²) in [6.45, 7) is 0. The second-order valence-electron chi connectivity index (χ2n) is 3.83. The molecule has 0 atom stereocenters. The van der Waals surface area contributed by atoms with Crippen molar-refractivity contribution in [2.24, 2.45) is 0 Å². The number of carboxylic acid groups (broad SMARTS) is 1. The molecule has 0 saturated carbocycles. The van der Waals surface area contributed by atoms with Gasteiger partial charge in [0.1, 0.15) is 10.8 Å². The lowest BCUT2D eigenvalue weighted by Crippen LogP contribution is -1.99. The summed E-state index contributed by atoms with van der Waals surface area (Å²) >= 11 is 1.39. The Labute approximate surface area is 109 Å². The Morgan fingerprint density at radius 3 is 2.72 bits per heavy atom. The summed E-state index contributed by atoms with van der Waals surface area (Å²) in [6, 6.07) is 7.77. The van der Waals surface area contributed by atoms with Crippen LogP contribution in [0, 0.1) is 0 Å². The largest absolute Gasteiger partial charge is 0.497 e. The molecule has 0 aliphatic heterocycles. The molecule has 0 fully saturated rings. The number of rotatable bonds is 5. The summed E-state index contributed by atoms with van der Waals surface area (Å²) in [7, 11) is 1.63. The van der Waals surface area contributed by atoms with Crippen LogP contribution in [0.15, 0.2) is 29.6 Å². The molecule has 18 heavy (non-hydrogen) atoms. The van der Waals surface area contributed by atoms with Crippen LogP contribution in [0.2, 0.25) is 0 Å². The number of aromatic nitrogens is 1. The first-order chi connectivity index (χ1) is 8.67. The third-order valence-electron chi connectivity index (χ3n) is 2.45. The molecule has 94 valence electrons. The lowest BCUT2D eigenvalue weighted by Gasteiger charge is -2.01. The smallest absolute Gasteiger partial charge is 0.310 e. The van der Waals surface area contributed by atoms with E-state index in [1.54, 1.807) is 7.11 Å². The number of benzene rings is 1. The van der Waals surface area contributed by atoms with E-state index in [-0.39, 0.29) is 6.42 Å². The topological polar surface area (TPSA) is 59.4 Å². The minimum absolute atomic E-state index is 0.00667. The first-order valence-corrected chi connectivity index (χ1v) is 6.33. The minimum atomic E-state index is -0.847. The van der Waals surface area contributed by atoms with Crippen LogP contribution in [0.3, 0.4) is 0 Å². The molecule has 2 aromatic rings. The molecule has 0 saturated heterocycles. The molecule has 4 nitrogen and oxygen atoms in total. The quantitative estimate of drug-likeness (QED) is 0.899. The number of hydrogen-bond acceptors (Lipinski definition) is 4. The Bertz CT molecular complexity index is 533. The zero-order valence-corrected chi connectivity index (χ0v) is 10.7. The Balaban J connectivity index is 2.03. The molecule has 1 heterocycles. The zero-order valence-electron chi connectivity index (χ0n) is 9.92. The molecule has 0 amide bonds. The van der Waals surface area contributed by atoms with Crippen molar-refractivity contribution in [3.63, 3.8) is 0 Å². The number of thiazole rings is 1. The average Bonchev–Trinajstić information content (AvgIpc) is 2.76. The highest BCUT2D eigenvalue weighted by Crippen LogP contribution is 2.17. The van der Waals surface area contributed by atoms with Gasteiger partial charge in [0.05, 0.1) is 19.2 Å². The lowest BCUT2D eigenvalue weighted by molar-refractivity contribution is -0.136. The van der Waals surface area contributed by atoms with Gasteiger partial charge < -0.3 is 9.84 Å². The predicted octanol–water partition coefficient (Wildman–Crippen LogP) is 2.37. The number of methoxy groups -OCH3 is 1. The number of nitrogens with zero attached hydrogens (tertiary/aromatic N) is 1. The van der Waals surface area contributed by atoms with Gasteiger partial charge in [0.25, 0.3) is 0 Å².